The van der Waals surface area contributed by atoms with Crippen molar-refractivity contribution in [3.8, 4) is 11.3 Å². The molecule has 0 unspecified atom stereocenters. The van der Waals surface area contributed by atoms with Gasteiger partial charge in [-0.3, -0.25) is 4.40 Å². The summed E-state index contributed by atoms with van der Waals surface area (Å²) in [5.74, 6) is -1.06. The number of carboxylic acid groups (broad SMARTS) is 1. The first kappa shape index (κ1) is 12.5. The number of aromatic nitrogens is 2. The Bertz CT molecular complexity index is 809. The molecule has 2 aromatic heterocycles. The number of carboxylic acids is 1. The maximum absolute atomic E-state index is 11.5. The fourth-order valence-corrected chi connectivity index (χ4v) is 2.29. The lowest BCUT2D eigenvalue weighted by Crippen LogP contribution is -2.03. The third-order valence-electron chi connectivity index (χ3n) is 2.99. The van der Waals surface area contributed by atoms with E-state index in [2.05, 4.69) is 4.98 Å². The predicted octanol–water partition coefficient (Wildman–Crippen LogP) is 2.94. The van der Waals surface area contributed by atoms with Crippen LogP contribution in [-0.2, 0) is 0 Å². The van der Waals surface area contributed by atoms with Crippen molar-refractivity contribution in [3.05, 3.63) is 53.3 Å². The summed E-state index contributed by atoms with van der Waals surface area (Å²) >= 11 is 6.06. The van der Waals surface area contributed by atoms with Gasteiger partial charge in [-0.2, -0.15) is 0 Å². The van der Waals surface area contributed by atoms with Gasteiger partial charge in [0.1, 0.15) is 5.69 Å². The van der Waals surface area contributed by atoms with Gasteiger partial charge in [0, 0.05) is 17.4 Å². The number of aromatic carboxylic acids is 1. The molecule has 0 fully saturated rings. The van der Waals surface area contributed by atoms with Gasteiger partial charge < -0.3 is 10.8 Å². The first-order valence-corrected chi connectivity index (χ1v) is 6.21. The Balaban J connectivity index is 2.35. The minimum absolute atomic E-state index is 0.0762. The number of anilines is 1. The van der Waals surface area contributed by atoms with Crippen molar-refractivity contribution in [2.24, 2.45) is 0 Å². The molecular weight excluding hydrogens is 278 g/mol. The quantitative estimate of drug-likeness (QED) is 0.710. The maximum Gasteiger partial charge on any atom is 0.355 e. The molecule has 0 saturated heterocycles. The number of benzene rings is 1. The normalized spacial score (nSPS) is 10.8. The summed E-state index contributed by atoms with van der Waals surface area (Å²) in [5.41, 5.74) is 7.78. The zero-order valence-electron chi connectivity index (χ0n) is 10.2. The van der Waals surface area contributed by atoms with Crippen molar-refractivity contribution in [2.45, 2.75) is 0 Å². The summed E-state index contributed by atoms with van der Waals surface area (Å²) in [6.07, 6.45) is 1.62. The molecule has 3 N–H and O–H groups in total. The first-order chi connectivity index (χ1) is 9.58. The molecule has 0 amide bonds. The van der Waals surface area contributed by atoms with E-state index in [1.165, 1.54) is 4.40 Å². The van der Waals surface area contributed by atoms with E-state index in [9.17, 15) is 9.90 Å². The third-order valence-corrected chi connectivity index (χ3v) is 3.28. The number of nitrogen functional groups attached to an aromatic ring is 1. The molecule has 6 heteroatoms. The lowest BCUT2D eigenvalue weighted by atomic mass is 10.1. The van der Waals surface area contributed by atoms with E-state index in [4.69, 9.17) is 17.3 Å². The summed E-state index contributed by atoms with van der Waals surface area (Å²) in [4.78, 5) is 15.9. The molecular formula is C14H10ClN3O2. The average molecular weight is 288 g/mol. The summed E-state index contributed by atoms with van der Waals surface area (Å²) in [6.45, 7) is 0. The van der Waals surface area contributed by atoms with Crippen molar-refractivity contribution in [1.29, 1.82) is 0 Å². The molecule has 0 spiro atoms. The Hall–Kier alpha value is -2.53. The van der Waals surface area contributed by atoms with Gasteiger partial charge in [-0.25, -0.2) is 9.78 Å². The van der Waals surface area contributed by atoms with Crippen molar-refractivity contribution >= 4 is 28.9 Å². The Morgan fingerprint density at radius 3 is 2.60 bits per heavy atom. The summed E-state index contributed by atoms with van der Waals surface area (Å²) < 4.78 is 1.47. The SMILES string of the molecule is Nc1ccc(-c2nc3c(Cl)cccn3c2C(=O)O)cc1. The fourth-order valence-electron chi connectivity index (χ4n) is 2.08. The molecule has 1 aromatic carbocycles. The van der Waals surface area contributed by atoms with Crippen LogP contribution in [0.3, 0.4) is 0 Å². The number of rotatable bonds is 2. The van der Waals surface area contributed by atoms with Crippen LogP contribution in [0.2, 0.25) is 5.02 Å². The summed E-state index contributed by atoms with van der Waals surface area (Å²) in [6, 6.07) is 10.2. The number of fused-ring (bicyclic) bond motifs is 1. The smallest absolute Gasteiger partial charge is 0.355 e. The lowest BCUT2D eigenvalue weighted by Gasteiger charge is -2.01. The van der Waals surface area contributed by atoms with E-state index in [1.807, 2.05) is 0 Å². The molecule has 0 aliphatic rings. The highest BCUT2D eigenvalue weighted by atomic mass is 35.5. The van der Waals surface area contributed by atoms with Gasteiger partial charge in [0.25, 0.3) is 0 Å². The Labute approximate surface area is 119 Å². The van der Waals surface area contributed by atoms with Crippen LogP contribution in [0.5, 0.6) is 0 Å². The van der Waals surface area contributed by atoms with E-state index in [0.29, 0.717) is 27.6 Å². The first-order valence-electron chi connectivity index (χ1n) is 5.83. The second-order valence-corrected chi connectivity index (χ2v) is 4.69. The number of carbonyl (C=O) groups is 1. The van der Waals surface area contributed by atoms with Crippen LogP contribution < -0.4 is 5.73 Å². The number of nitrogens with two attached hydrogens (primary N) is 1. The minimum atomic E-state index is -1.06. The zero-order chi connectivity index (χ0) is 14.3. The van der Waals surface area contributed by atoms with E-state index in [1.54, 1.807) is 42.6 Å². The maximum atomic E-state index is 11.5. The van der Waals surface area contributed by atoms with Gasteiger partial charge >= 0.3 is 5.97 Å². The molecule has 2 heterocycles. The fraction of sp³-hybridized carbons (Fsp3) is 0. The molecule has 0 bridgehead atoms. The highest BCUT2D eigenvalue weighted by Gasteiger charge is 2.20. The van der Waals surface area contributed by atoms with E-state index < -0.39 is 5.97 Å². The van der Waals surface area contributed by atoms with Crippen LogP contribution in [0, 0.1) is 0 Å². The average Bonchev–Trinajstić information content (AvgIpc) is 2.80. The van der Waals surface area contributed by atoms with E-state index in [0.717, 1.165) is 0 Å². The molecule has 20 heavy (non-hydrogen) atoms. The van der Waals surface area contributed by atoms with Crippen molar-refractivity contribution in [2.75, 3.05) is 5.73 Å². The Morgan fingerprint density at radius 1 is 1.25 bits per heavy atom. The zero-order valence-corrected chi connectivity index (χ0v) is 11.0. The standard InChI is InChI=1S/C14H10ClN3O2/c15-10-2-1-7-18-12(14(19)20)11(17-13(10)18)8-3-5-9(16)6-4-8/h1-7H,16H2,(H,19,20). The van der Waals surface area contributed by atoms with Crippen LogP contribution in [0.15, 0.2) is 42.6 Å². The highest BCUT2D eigenvalue weighted by Crippen LogP contribution is 2.28. The molecule has 100 valence electrons. The highest BCUT2D eigenvalue weighted by molar-refractivity contribution is 6.33. The van der Waals surface area contributed by atoms with Gasteiger partial charge in [-0.1, -0.05) is 23.7 Å². The summed E-state index contributed by atoms with van der Waals surface area (Å²) in [7, 11) is 0. The van der Waals surface area contributed by atoms with Crippen LogP contribution in [0.1, 0.15) is 10.5 Å². The number of pyridine rings is 1. The Morgan fingerprint density at radius 2 is 1.95 bits per heavy atom. The Kier molecular flexibility index (Phi) is 2.84. The van der Waals surface area contributed by atoms with Crippen LogP contribution >= 0.6 is 11.6 Å². The molecule has 5 nitrogen and oxygen atoms in total. The van der Waals surface area contributed by atoms with Crippen LogP contribution in [0.4, 0.5) is 5.69 Å². The molecule has 0 radical (unpaired) electrons. The predicted molar refractivity (Wildman–Crippen MR) is 77.0 cm³/mol. The van der Waals surface area contributed by atoms with Gasteiger partial charge in [-0.05, 0) is 24.3 Å². The largest absolute Gasteiger partial charge is 0.476 e. The third kappa shape index (κ3) is 1.88. The second kappa shape index (κ2) is 4.54. The van der Waals surface area contributed by atoms with Crippen molar-refractivity contribution in [3.63, 3.8) is 0 Å². The van der Waals surface area contributed by atoms with E-state index >= 15 is 0 Å². The topological polar surface area (TPSA) is 80.6 Å². The number of halogens is 1. The van der Waals surface area contributed by atoms with Gasteiger partial charge in [0.05, 0.1) is 5.02 Å². The van der Waals surface area contributed by atoms with Crippen molar-refractivity contribution in [1.82, 2.24) is 9.38 Å². The van der Waals surface area contributed by atoms with Crippen LogP contribution in [0.25, 0.3) is 16.9 Å². The molecule has 0 aliphatic heterocycles. The number of hydrogen-bond acceptors (Lipinski definition) is 3. The number of nitrogens with zero attached hydrogens (tertiary/aromatic N) is 2. The van der Waals surface area contributed by atoms with Gasteiger partial charge in [-0.15, -0.1) is 0 Å². The molecule has 0 saturated carbocycles. The molecule has 0 atom stereocenters. The lowest BCUT2D eigenvalue weighted by molar-refractivity contribution is 0.0690. The summed E-state index contributed by atoms with van der Waals surface area (Å²) in [5, 5.41) is 9.83. The molecule has 3 rings (SSSR count). The van der Waals surface area contributed by atoms with E-state index in [-0.39, 0.29) is 5.69 Å². The van der Waals surface area contributed by atoms with Crippen molar-refractivity contribution < 1.29 is 9.90 Å². The van der Waals surface area contributed by atoms with Gasteiger partial charge in [0.15, 0.2) is 11.3 Å². The van der Waals surface area contributed by atoms with Gasteiger partial charge in [0.2, 0.25) is 0 Å². The monoisotopic (exact) mass is 287 g/mol. The second-order valence-electron chi connectivity index (χ2n) is 4.29. The molecule has 0 aliphatic carbocycles. The number of imidazole rings is 1. The molecule has 3 aromatic rings. The minimum Gasteiger partial charge on any atom is -0.476 e. The number of hydrogen-bond donors (Lipinski definition) is 2. The van der Waals surface area contributed by atoms with Crippen LogP contribution in [-0.4, -0.2) is 20.5 Å².